The summed E-state index contributed by atoms with van der Waals surface area (Å²) >= 11 is 0. The third-order valence-electron chi connectivity index (χ3n) is 2.06. The van der Waals surface area contributed by atoms with E-state index in [0.717, 1.165) is 6.07 Å². The van der Waals surface area contributed by atoms with Crippen LogP contribution in [0.25, 0.3) is 0 Å². The van der Waals surface area contributed by atoms with E-state index < -0.39 is 24.5 Å². The van der Waals surface area contributed by atoms with Crippen LogP contribution in [-0.4, -0.2) is 29.5 Å². The van der Waals surface area contributed by atoms with Crippen LogP contribution in [0.15, 0.2) is 6.07 Å². The van der Waals surface area contributed by atoms with Gasteiger partial charge in [0, 0.05) is 12.1 Å². The maximum atomic E-state index is 12.2. The summed E-state index contributed by atoms with van der Waals surface area (Å²) in [5, 5.41) is 8.64. The predicted octanol–water partition coefficient (Wildman–Crippen LogP) is 1.07. The molecule has 1 heterocycles. The summed E-state index contributed by atoms with van der Waals surface area (Å²) < 4.78 is 45.2. The first-order valence-electron chi connectivity index (χ1n) is 5.01. The van der Waals surface area contributed by atoms with Gasteiger partial charge in [0.05, 0.1) is 19.2 Å². The zero-order chi connectivity index (χ0) is 14.6. The number of hydrogen-bond donors (Lipinski definition) is 2. The molecule has 19 heavy (non-hydrogen) atoms. The number of alkyl halides is 3. The lowest BCUT2D eigenvalue weighted by Crippen LogP contribution is -2.20. The van der Waals surface area contributed by atoms with Gasteiger partial charge in [-0.3, -0.25) is 4.79 Å². The van der Waals surface area contributed by atoms with Gasteiger partial charge >= 0.3 is 12.3 Å². The standard InChI is InChI=1S/C10H11F3N2O4/c1-18-9-5(4-14)2-7(19-10(11,12)13)6(15-9)3-8(16)17/h2H,3-4,14H2,1H3,(H,16,17). The summed E-state index contributed by atoms with van der Waals surface area (Å²) in [6, 6.07) is 0.970. The van der Waals surface area contributed by atoms with E-state index in [1.165, 1.54) is 7.11 Å². The van der Waals surface area contributed by atoms with Crippen LogP contribution in [0.5, 0.6) is 11.6 Å². The number of carboxylic acids is 1. The molecule has 0 radical (unpaired) electrons. The van der Waals surface area contributed by atoms with Crippen molar-refractivity contribution in [3.63, 3.8) is 0 Å². The van der Waals surface area contributed by atoms with Crippen molar-refractivity contribution in [2.75, 3.05) is 7.11 Å². The fourth-order valence-corrected chi connectivity index (χ4v) is 1.36. The summed E-state index contributed by atoms with van der Waals surface area (Å²) in [5.74, 6) is -2.08. The second-order valence-electron chi connectivity index (χ2n) is 3.42. The van der Waals surface area contributed by atoms with Gasteiger partial charge in [0.25, 0.3) is 0 Å². The molecule has 6 nitrogen and oxygen atoms in total. The summed E-state index contributed by atoms with van der Waals surface area (Å²) in [5.41, 5.74) is 5.12. The number of pyridine rings is 1. The van der Waals surface area contributed by atoms with Gasteiger partial charge in [-0.05, 0) is 6.07 Å². The fourth-order valence-electron chi connectivity index (χ4n) is 1.36. The average molecular weight is 280 g/mol. The molecule has 0 atom stereocenters. The molecule has 0 saturated heterocycles. The lowest BCUT2D eigenvalue weighted by atomic mass is 10.2. The molecule has 0 aliphatic rings. The molecule has 0 saturated carbocycles. The number of nitrogens with two attached hydrogens (primary N) is 1. The van der Waals surface area contributed by atoms with Gasteiger partial charge in [-0.25, -0.2) is 4.98 Å². The molecule has 0 aromatic carbocycles. The third-order valence-corrected chi connectivity index (χ3v) is 2.06. The van der Waals surface area contributed by atoms with Crippen molar-refractivity contribution >= 4 is 5.97 Å². The van der Waals surface area contributed by atoms with E-state index in [4.69, 9.17) is 15.6 Å². The number of aliphatic carboxylic acids is 1. The summed E-state index contributed by atoms with van der Waals surface area (Å²) in [6.07, 6.45) is -5.68. The molecule has 0 aliphatic heterocycles. The highest BCUT2D eigenvalue weighted by molar-refractivity contribution is 5.70. The van der Waals surface area contributed by atoms with Crippen LogP contribution >= 0.6 is 0 Å². The number of rotatable bonds is 5. The largest absolute Gasteiger partial charge is 0.573 e. The number of ether oxygens (including phenoxy) is 2. The highest BCUT2D eigenvalue weighted by Gasteiger charge is 2.33. The highest BCUT2D eigenvalue weighted by atomic mass is 19.4. The van der Waals surface area contributed by atoms with Crippen LogP contribution in [0.2, 0.25) is 0 Å². The first kappa shape index (κ1) is 15.0. The van der Waals surface area contributed by atoms with Crippen LogP contribution in [0.3, 0.4) is 0 Å². The Morgan fingerprint density at radius 1 is 1.53 bits per heavy atom. The van der Waals surface area contributed by atoms with Crippen molar-refractivity contribution < 1.29 is 32.5 Å². The van der Waals surface area contributed by atoms with Crippen LogP contribution in [0.4, 0.5) is 13.2 Å². The Kier molecular flexibility index (Phi) is 4.54. The zero-order valence-corrected chi connectivity index (χ0v) is 9.82. The monoisotopic (exact) mass is 280 g/mol. The van der Waals surface area contributed by atoms with Gasteiger partial charge in [-0.15, -0.1) is 13.2 Å². The molecule has 0 aliphatic carbocycles. The molecular formula is C10H11F3N2O4. The quantitative estimate of drug-likeness (QED) is 0.838. The zero-order valence-electron chi connectivity index (χ0n) is 9.82. The normalized spacial score (nSPS) is 11.2. The molecule has 0 bridgehead atoms. The maximum absolute atomic E-state index is 12.2. The van der Waals surface area contributed by atoms with Crippen LogP contribution in [0, 0.1) is 0 Å². The first-order chi connectivity index (χ1) is 8.76. The maximum Gasteiger partial charge on any atom is 0.573 e. The van der Waals surface area contributed by atoms with Gasteiger partial charge in [-0.1, -0.05) is 0 Å². The molecule has 1 aromatic rings. The SMILES string of the molecule is COc1nc(CC(=O)O)c(OC(F)(F)F)cc1CN. The predicted molar refractivity (Wildman–Crippen MR) is 56.7 cm³/mol. The number of hydrogen-bond acceptors (Lipinski definition) is 5. The summed E-state index contributed by atoms with van der Waals surface area (Å²) in [6.45, 7) is -0.127. The molecular weight excluding hydrogens is 269 g/mol. The molecule has 1 rings (SSSR count). The minimum absolute atomic E-state index is 0.0340. The molecule has 0 unspecified atom stereocenters. The van der Waals surface area contributed by atoms with E-state index in [2.05, 4.69) is 9.72 Å². The Labute approximate surface area is 105 Å². The molecule has 0 fully saturated rings. The van der Waals surface area contributed by atoms with E-state index >= 15 is 0 Å². The Morgan fingerprint density at radius 2 is 2.16 bits per heavy atom. The molecule has 0 spiro atoms. The van der Waals surface area contributed by atoms with Crippen molar-refractivity contribution in [3.05, 3.63) is 17.3 Å². The number of nitrogens with zero attached hydrogens (tertiary/aromatic N) is 1. The van der Waals surface area contributed by atoms with E-state index in [-0.39, 0.29) is 23.7 Å². The van der Waals surface area contributed by atoms with Gasteiger partial charge in [0.1, 0.15) is 0 Å². The smallest absolute Gasteiger partial charge is 0.481 e. The Morgan fingerprint density at radius 3 is 2.58 bits per heavy atom. The van der Waals surface area contributed by atoms with Crippen LogP contribution in [0.1, 0.15) is 11.3 Å². The topological polar surface area (TPSA) is 94.7 Å². The van der Waals surface area contributed by atoms with Crippen molar-refractivity contribution in [2.45, 2.75) is 19.3 Å². The Hall–Kier alpha value is -2.03. The van der Waals surface area contributed by atoms with E-state index in [0.29, 0.717) is 0 Å². The van der Waals surface area contributed by atoms with Gasteiger partial charge in [0.2, 0.25) is 5.88 Å². The second kappa shape index (κ2) is 5.74. The number of carbonyl (C=O) groups is 1. The lowest BCUT2D eigenvalue weighted by Gasteiger charge is -2.15. The van der Waals surface area contributed by atoms with Crippen molar-refractivity contribution in [1.29, 1.82) is 0 Å². The molecule has 9 heteroatoms. The molecule has 3 N–H and O–H groups in total. The van der Waals surface area contributed by atoms with Crippen molar-refractivity contribution in [1.82, 2.24) is 4.98 Å². The van der Waals surface area contributed by atoms with Crippen molar-refractivity contribution in [3.8, 4) is 11.6 Å². The van der Waals surface area contributed by atoms with Gasteiger partial charge in [0.15, 0.2) is 5.75 Å². The minimum Gasteiger partial charge on any atom is -0.481 e. The minimum atomic E-state index is -4.95. The molecule has 1 aromatic heterocycles. The second-order valence-corrected chi connectivity index (χ2v) is 3.42. The van der Waals surface area contributed by atoms with Gasteiger partial charge < -0.3 is 20.3 Å². The Balaban J connectivity index is 3.27. The van der Waals surface area contributed by atoms with E-state index in [9.17, 15) is 18.0 Å². The number of halogens is 3. The fraction of sp³-hybridized carbons (Fsp3) is 0.400. The van der Waals surface area contributed by atoms with Crippen LogP contribution in [-0.2, 0) is 17.8 Å². The summed E-state index contributed by atoms with van der Waals surface area (Å²) in [4.78, 5) is 14.3. The van der Waals surface area contributed by atoms with Crippen molar-refractivity contribution in [2.24, 2.45) is 5.73 Å². The average Bonchev–Trinajstić information content (AvgIpc) is 2.28. The van der Waals surface area contributed by atoms with E-state index in [1.54, 1.807) is 0 Å². The third kappa shape index (κ3) is 4.28. The lowest BCUT2D eigenvalue weighted by molar-refractivity contribution is -0.275. The Bertz CT molecular complexity index is 477. The molecule has 0 amide bonds. The number of aromatic nitrogens is 1. The number of methoxy groups -OCH3 is 1. The van der Waals surface area contributed by atoms with Gasteiger partial charge in [-0.2, -0.15) is 0 Å². The number of carboxylic acid groups (broad SMARTS) is 1. The summed E-state index contributed by atoms with van der Waals surface area (Å²) in [7, 11) is 1.25. The highest BCUT2D eigenvalue weighted by Crippen LogP contribution is 2.30. The van der Waals surface area contributed by atoms with E-state index in [1.807, 2.05) is 0 Å². The molecule has 106 valence electrons. The van der Waals surface area contributed by atoms with Crippen LogP contribution < -0.4 is 15.2 Å². The first-order valence-corrected chi connectivity index (χ1v) is 5.01.